The van der Waals surface area contributed by atoms with E-state index in [1.165, 1.54) is 0 Å². The Morgan fingerprint density at radius 2 is 2.08 bits per heavy atom. The molecule has 12 heavy (non-hydrogen) atoms. The third-order valence-electron chi connectivity index (χ3n) is 1.39. The van der Waals surface area contributed by atoms with Crippen LogP contribution in [-0.2, 0) is 0 Å². The first-order valence-corrected chi connectivity index (χ1v) is 4.96. The summed E-state index contributed by atoms with van der Waals surface area (Å²) in [7, 11) is 0. The standard InChI is InChI=1S/C8H18N2OS/c1-6(7(9)10-11)5-12-8(2,3)4/h6,11H,5H2,1-4H3,(H2,9,10). The van der Waals surface area contributed by atoms with Crippen LogP contribution >= 0.6 is 11.8 Å². The van der Waals surface area contributed by atoms with Gasteiger partial charge in [-0.05, 0) is 0 Å². The minimum absolute atomic E-state index is 0.138. The average Bonchev–Trinajstić information content (AvgIpc) is 1.97. The van der Waals surface area contributed by atoms with E-state index in [0.29, 0.717) is 5.84 Å². The van der Waals surface area contributed by atoms with E-state index in [0.717, 1.165) is 5.75 Å². The molecule has 3 N–H and O–H groups in total. The van der Waals surface area contributed by atoms with Crippen LogP contribution in [0.15, 0.2) is 5.16 Å². The molecule has 0 radical (unpaired) electrons. The maximum Gasteiger partial charge on any atom is 0.142 e. The summed E-state index contributed by atoms with van der Waals surface area (Å²) < 4.78 is 0.240. The van der Waals surface area contributed by atoms with Gasteiger partial charge in [0.2, 0.25) is 0 Å². The second-order valence-corrected chi connectivity index (χ2v) is 5.70. The summed E-state index contributed by atoms with van der Waals surface area (Å²) in [5, 5.41) is 11.4. The Bertz CT molecular complexity index is 163. The fourth-order valence-electron chi connectivity index (χ4n) is 0.559. The largest absolute Gasteiger partial charge is 0.409 e. The lowest BCUT2D eigenvalue weighted by Gasteiger charge is -2.19. The highest BCUT2D eigenvalue weighted by Crippen LogP contribution is 2.25. The fraction of sp³-hybridized carbons (Fsp3) is 0.875. The molecule has 0 aromatic rings. The molecule has 0 aromatic heterocycles. The average molecular weight is 190 g/mol. The molecular formula is C8H18N2OS. The van der Waals surface area contributed by atoms with Crippen LogP contribution < -0.4 is 5.73 Å². The highest BCUT2D eigenvalue weighted by molar-refractivity contribution is 8.00. The Hall–Kier alpha value is -0.380. The Labute approximate surface area is 78.4 Å². The van der Waals surface area contributed by atoms with E-state index in [1.54, 1.807) is 0 Å². The van der Waals surface area contributed by atoms with Gasteiger partial charge < -0.3 is 10.9 Å². The number of hydrogen-bond donors (Lipinski definition) is 2. The van der Waals surface area contributed by atoms with Crippen molar-refractivity contribution in [2.75, 3.05) is 5.75 Å². The first-order chi connectivity index (χ1) is 5.37. The summed E-state index contributed by atoms with van der Waals surface area (Å²) in [5.41, 5.74) is 5.43. The Kier molecular flexibility index (Phi) is 4.45. The normalized spacial score (nSPS) is 16.2. The van der Waals surface area contributed by atoms with Gasteiger partial charge in [0.25, 0.3) is 0 Å². The molecule has 0 saturated carbocycles. The lowest BCUT2D eigenvalue weighted by Crippen LogP contribution is -2.24. The van der Waals surface area contributed by atoms with E-state index in [4.69, 9.17) is 10.9 Å². The molecule has 0 saturated heterocycles. The second kappa shape index (κ2) is 4.60. The lowest BCUT2D eigenvalue weighted by molar-refractivity contribution is 0.315. The van der Waals surface area contributed by atoms with Gasteiger partial charge in [0.1, 0.15) is 5.84 Å². The summed E-state index contributed by atoms with van der Waals surface area (Å²) in [6.45, 7) is 8.40. The molecule has 0 spiro atoms. The summed E-state index contributed by atoms with van der Waals surface area (Å²) in [5.74, 6) is 1.34. The van der Waals surface area contributed by atoms with Gasteiger partial charge in [-0.25, -0.2) is 0 Å². The minimum atomic E-state index is 0.138. The molecule has 4 heteroatoms. The third kappa shape index (κ3) is 5.29. The summed E-state index contributed by atoms with van der Waals surface area (Å²) in [6.07, 6.45) is 0. The van der Waals surface area contributed by atoms with Crippen molar-refractivity contribution in [3.8, 4) is 0 Å². The molecule has 0 amide bonds. The number of hydrogen-bond acceptors (Lipinski definition) is 3. The Balaban J connectivity index is 3.80. The molecule has 0 bridgehead atoms. The monoisotopic (exact) mass is 190 g/mol. The van der Waals surface area contributed by atoms with Crippen LogP contribution in [0.4, 0.5) is 0 Å². The Morgan fingerprint density at radius 1 is 1.58 bits per heavy atom. The van der Waals surface area contributed by atoms with Crippen LogP contribution in [0.1, 0.15) is 27.7 Å². The van der Waals surface area contributed by atoms with Crippen molar-refractivity contribution in [3.05, 3.63) is 0 Å². The molecule has 0 aliphatic rings. The van der Waals surface area contributed by atoms with E-state index < -0.39 is 0 Å². The molecular weight excluding hydrogens is 172 g/mol. The van der Waals surface area contributed by atoms with Crippen LogP contribution in [0.3, 0.4) is 0 Å². The molecule has 0 aliphatic heterocycles. The zero-order valence-corrected chi connectivity index (χ0v) is 8.98. The van der Waals surface area contributed by atoms with Crippen LogP contribution in [0.25, 0.3) is 0 Å². The molecule has 0 fully saturated rings. The molecule has 1 unspecified atom stereocenters. The molecule has 0 rings (SSSR count). The number of thioether (sulfide) groups is 1. The zero-order chi connectivity index (χ0) is 9.78. The lowest BCUT2D eigenvalue weighted by atomic mass is 10.2. The van der Waals surface area contributed by atoms with Crippen LogP contribution in [-0.4, -0.2) is 21.5 Å². The first-order valence-electron chi connectivity index (χ1n) is 3.98. The molecule has 0 aromatic carbocycles. The first kappa shape index (κ1) is 11.6. The van der Waals surface area contributed by atoms with Crippen molar-refractivity contribution < 1.29 is 5.21 Å². The smallest absolute Gasteiger partial charge is 0.142 e. The van der Waals surface area contributed by atoms with Crippen molar-refractivity contribution >= 4 is 17.6 Å². The van der Waals surface area contributed by atoms with Crippen molar-refractivity contribution in [1.29, 1.82) is 0 Å². The number of nitrogens with two attached hydrogens (primary N) is 1. The third-order valence-corrected chi connectivity index (χ3v) is 2.92. The van der Waals surface area contributed by atoms with Crippen LogP contribution in [0, 0.1) is 5.92 Å². The molecule has 0 aliphatic carbocycles. The maximum atomic E-state index is 8.39. The zero-order valence-electron chi connectivity index (χ0n) is 8.16. The van der Waals surface area contributed by atoms with Gasteiger partial charge in [0.15, 0.2) is 0 Å². The predicted molar refractivity (Wildman–Crippen MR) is 54.8 cm³/mol. The summed E-state index contributed by atoms with van der Waals surface area (Å²) in [4.78, 5) is 0. The quantitative estimate of drug-likeness (QED) is 0.309. The number of rotatable bonds is 3. The van der Waals surface area contributed by atoms with Crippen LogP contribution in [0.2, 0.25) is 0 Å². The van der Waals surface area contributed by atoms with Crippen molar-refractivity contribution in [2.45, 2.75) is 32.4 Å². The Morgan fingerprint density at radius 3 is 2.42 bits per heavy atom. The van der Waals surface area contributed by atoms with Gasteiger partial charge in [-0.3, -0.25) is 0 Å². The van der Waals surface area contributed by atoms with Gasteiger partial charge >= 0.3 is 0 Å². The molecule has 3 nitrogen and oxygen atoms in total. The molecule has 1 atom stereocenters. The maximum absolute atomic E-state index is 8.39. The number of nitrogens with zero attached hydrogens (tertiary/aromatic N) is 1. The highest BCUT2D eigenvalue weighted by Gasteiger charge is 2.14. The topological polar surface area (TPSA) is 58.6 Å². The highest BCUT2D eigenvalue weighted by atomic mass is 32.2. The van der Waals surface area contributed by atoms with Gasteiger partial charge in [-0.15, -0.1) is 0 Å². The second-order valence-electron chi connectivity index (χ2n) is 3.85. The van der Waals surface area contributed by atoms with Gasteiger partial charge in [-0.2, -0.15) is 11.8 Å². The molecule has 0 heterocycles. The summed E-state index contributed by atoms with van der Waals surface area (Å²) >= 11 is 1.81. The SMILES string of the molecule is CC(CSC(C)(C)C)/C(N)=N/O. The van der Waals surface area contributed by atoms with Gasteiger partial charge in [0, 0.05) is 16.4 Å². The van der Waals surface area contributed by atoms with E-state index in [-0.39, 0.29) is 10.7 Å². The van der Waals surface area contributed by atoms with E-state index >= 15 is 0 Å². The van der Waals surface area contributed by atoms with Crippen molar-refractivity contribution in [1.82, 2.24) is 0 Å². The number of oxime groups is 1. The van der Waals surface area contributed by atoms with Gasteiger partial charge in [-0.1, -0.05) is 32.9 Å². The van der Waals surface area contributed by atoms with Crippen LogP contribution in [0.5, 0.6) is 0 Å². The van der Waals surface area contributed by atoms with E-state index in [1.807, 2.05) is 18.7 Å². The van der Waals surface area contributed by atoms with Crippen molar-refractivity contribution in [2.24, 2.45) is 16.8 Å². The van der Waals surface area contributed by atoms with E-state index in [9.17, 15) is 0 Å². The summed E-state index contributed by atoms with van der Waals surface area (Å²) in [6, 6.07) is 0. The number of amidine groups is 1. The minimum Gasteiger partial charge on any atom is -0.409 e. The van der Waals surface area contributed by atoms with Gasteiger partial charge in [0.05, 0.1) is 0 Å². The fourth-order valence-corrected chi connectivity index (χ4v) is 1.48. The van der Waals surface area contributed by atoms with E-state index in [2.05, 4.69) is 25.9 Å². The predicted octanol–water partition coefficient (Wildman–Crippen LogP) is 1.90. The van der Waals surface area contributed by atoms with Crippen molar-refractivity contribution in [3.63, 3.8) is 0 Å². The molecule has 72 valence electrons.